The zero-order valence-electron chi connectivity index (χ0n) is 10.1. The summed E-state index contributed by atoms with van der Waals surface area (Å²) in [5.74, 6) is 0.662. The molecule has 0 bridgehead atoms. The fourth-order valence-corrected chi connectivity index (χ4v) is 2.70. The van der Waals surface area contributed by atoms with Gasteiger partial charge in [-0.2, -0.15) is 0 Å². The van der Waals surface area contributed by atoms with Crippen LogP contribution >= 0.6 is 11.6 Å². The molecule has 1 aliphatic carbocycles. The van der Waals surface area contributed by atoms with Gasteiger partial charge in [0.05, 0.1) is 10.6 Å². The van der Waals surface area contributed by atoms with Gasteiger partial charge in [-0.25, -0.2) is 0 Å². The van der Waals surface area contributed by atoms with Gasteiger partial charge >= 0.3 is 0 Å². The van der Waals surface area contributed by atoms with E-state index in [4.69, 9.17) is 11.6 Å². The molecule has 1 aromatic rings. The normalized spacial score (nSPS) is 24.4. The number of benzene rings is 1. The van der Waals surface area contributed by atoms with E-state index in [2.05, 4.69) is 12.2 Å². The molecule has 0 spiro atoms. The second-order valence-electron chi connectivity index (χ2n) is 4.92. The zero-order chi connectivity index (χ0) is 12.3. The van der Waals surface area contributed by atoms with Crippen molar-refractivity contribution in [2.75, 3.05) is 0 Å². The predicted octanol–water partition coefficient (Wildman–Crippen LogP) is 3.65. The number of carbonyl (C=O) groups is 1. The molecule has 2 rings (SSSR count). The molecule has 0 saturated heterocycles. The molecule has 0 aliphatic heterocycles. The molecule has 1 aliphatic rings. The summed E-state index contributed by atoms with van der Waals surface area (Å²) >= 11 is 6.00. The fraction of sp³-hybridized carbons (Fsp3) is 0.500. The Morgan fingerprint density at radius 3 is 2.82 bits per heavy atom. The van der Waals surface area contributed by atoms with Crippen molar-refractivity contribution in [3.8, 4) is 0 Å². The molecule has 1 saturated carbocycles. The van der Waals surface area contributed by atoms with Crippen molar-refractivity contribution in [2.24, 2.45) is 5.92 Å². The molecule has 1 amide bonds. The van der Waals surface area contributed by atoms with Crippen LogP contribution in [0.5, 0.6) is 0 Å². The lowest BCUT2D eigenvalue weighted by molar-refractivity contribution is 0.0921. The Labute approximate surface area is 107 Å². The van der Waals surface area contributed by atoms with Crippen molar-refractivity contribution in [2.45, 2.75) is 38.6 Å². The van der Waals surface area contributed by atoms with E-state index < -0.39 is 0 Å². The van der Waals surface area contributed by atoms with Crippen molar-refractivity contribution < 1.29 is 4.79 Å². The first-order chi connectivity index (χ1) is 8.16. The lowest BCUT2D eigenvalue weighted by atomic mass is 9.87. The Balaban J connectivity index is 1.99. The summed E-state index contributed by atoms with van der Waals surface area (Å²) in [7, 11) is 0. The van der Waals surface area contributed by atoms with Crippen LogP contribution in [0.1, 0.15) is 43.0 Å². The SMILES string of the molecule is C[C@@H]1CCC[C@@H](NC(=O)c2ccccc2Cl)C1. The zero-order valence-corrected chi connectivity index (χ0v) is 10.8. The monoisotopic (exact) mass is 251 g/mol. The quantitative estimate of drug-likeness (QED) is 0.854. The van der Waals surface area contributed by atoms with Gasteiger partial charge in [0.1, 0.15) is 0 Å². The van der Waals surface area contributed by atoms with Gasteiger partial charge in [-0.15, -0.1) is 0 Å². The van der Waals surface area contributed by atoms with Crippen molar-refractivity contribution in [1.82, 2.24) is 5.32 Å². The summed E-state index contributed by atoms with van der Waals surface area (Å²) in [4.78, 5) is 12.0. The molecule has 0 radical (unpaired) electrons. The van der Waals surface area contributed by atoms with Crippen LogP contribution in [-0.4, -0.2) is 11.9 Å². The maximum absolute atomic E-state index is 12.0. The number of hydrogen-bond donors (Lipinski definition) is 1. The van der Waals surface area contributed by atoms with Gasteiger partial charge in [0, 0.05) is 6.04 Å². The van der Waals surface area contributed by atoms with Crippen LogP contribution in [0.4, 0.5) is 0 Å². The van der Waals surface area contributed by atoms with Crippen LogP contribution in [0, 0.1) is 5.92 Å². The maximum atomic E-state index is 12.0. The molecule has 92 valence electrons. The summed E-state index contributed by atoms with van der Waals surface area (Å²) in [6, 6.07) is 7.50. The molecular formula is C14H18ClNO. The van der Waals surface area contributed by atoms with E-state index in [0.29, 0.717) is 22.5 Å². The van der Waals surface area contributed by atoms with E-state index in [1.54, 1.807) is 12.1 Å². The third-order valence-electron chi connectivity index (χ3n) is 3.39. The first-order valence-electron chi connectivity index (χ1n) is 6.22. The topological polar surface area (TPSA) is 29.1 Å². The van der Waals surface area contributed by atoms with E-state index in [1.165, 1.54) is 12.8 Å². The molecule has 3 heteroatoms. The molecule has 2 atom stereocenters. The van der Waals surface area contributed by atoms with Gasteiger partial charge in [-0.05, 0) is 30.9 Å². The summed E-state index contributed by atoms with van der Waals surface area (Å²) in [5.41, 5.74) is 0.576. The highest BCUT2D eigenvalue weighted by molar-refractivity contribution is 6.33. The van der Waals surface area contributed by atoms with Crippen LogP contribution in [-0.2, 0) is 0 Å². The van der Waals surface area contributed by atoms with Gasteiger partial charge in [-0.3, -0.25) is 4.79 Å². The number of carbonyl (C=O) groups excluding carboxylic acids is 1. The molecule has 1 aromatic carbocycles. The molecular weight excluding hydrogens is 234 g/mol. The van der Waals surface area contributed by atoms with Crippen LogP contribution in [0.2, 0.25) is 5.02 Å². The number of rotatable bonds is 2. The number of amides is 1. The molecule has 0 aromatic heterocycles. The highest BCUT2D eigenvalue weighted by Crippen LogP contribution is 2.24. The van der Waals surface area contributed by atoms with Crippen molar-refractivity contribution in [1.29, 1.82) is 0 Å². The average Bonchev–Trinajstić information content (AvgIpc) is 2.29. The molecule has 0 heterocycles. The standard InChI is InChI=1S/C14H18ClNO/c1-10-5-4-6-11(9-10)16-14(17)12-7-2-3-8-13(12)15/h2-3,7-8,10-11H,4-6,9H2,1H3,(H,16,17)/t10-,11-/m1/s1. The van der Waals surface area contributed by atoms with Gasteiger partial charge in [0.15, 0.2) is 0 Å². The Bertz CT molecular complexity index is 405. The average molecular weight is 252 g/mol. The Hall–Kier alpha value is -1.02. The second kappa shape index (κ2) is 5.54. The first-order valence-corrected chi connectivity index (χ1v) is 6.60. The van der Waals surface area contributed by atoms with Crippen molar-refractivity contribution >= 4 is 17.5 Å². The minimum absolute atomic E-state index is 0.0466. The first kappa shape index (κ1) is 12.4. The second-order valence-corrected chi connectivity index (χ2v) is 5.33. The minimum Gasteiger partial charge on any atom is -0.349 e. The van der Waals surface area contributed by atoms with E-state index in [-0.39, 0.29) is 5.91 Å². The van der Waals surface area contributed by atoms with Crippen LogP contribution < -0.4 is 5.32 Å². The highest BCUT2D eigenvalue weighted by Gasteiger charge is 2.21. The van der Waals surface area contributed by atoms with E-state index in [9.17, 15) is 4.79 Å². The lowest BCUT2D eigenvalue weighted by Gasteiger charge is -2.27. The number of nitrogens with one attached hydrogen (secondary N) is 1. The largest absolute Gasteiger partial charge is 0.349 e. The molecule has 2 nitrogen and oxygen atoms in total. The lowest BCUT2D eigenvalue weighted by Crippen LogP contribution is -2.38. The summed E-state index contributed by atoms with van der Waals surface area (Å²) in [5, 5.41) is 3.61. The smallest absolute Gasteiger partial charge is 0.253 e. The number of hydrogen-bond acceptors (Lipinski definition) is 1. The summed E-state index contributed by atoms with van der Waals surface area (Å²) in [6.07, 6.45) is 4.64. The van der Waals surface area contributed by atoms with Gasteiger partial charge in [0.2, 0.25) is 0 Å². The molecule has 17 heavy (non-hydrogen) atoms. The van der Waals surface area contributed by atoms with Crippen molar-refractivity contribution in [3.63, 3.8) is 0 Å². The van der Waals surface area contributed by atoms with Gasteiger partial charge in [0.25, 0.3) is 5.91 Å². The number of halogens is 1. The Morgan fingerprint density at radius 2 is 2.12 bits per heavy atom. The van der Waals surface area contributed by atoms with Crippen molar-refractivity contribution in [3.05, 3.63) is 34.9 Å². The maximum Gasteiger partial charge on any atom is 0.253 e. The van der Waals surface area contributed by atoms with Gasteiger partial charge < -0.3 is 5.32 Å². The molecule has 0 unspecified atom stereocenters. The summed E-state index contributed by atoms with van der Waals surface area (Å²) in [6.45, 7) is 2.24. The van der Waals surface area contributed by atoms with Crippen LogP contribution in [0.3, 0.4) is 0 Å². The van der Waals surface area contributed by atoms with E-state index >= 15 is 0 Å². The molecule has 1 N–H and O–H groups in total. The van der Waals surface area contributed by atoms with Gasteiger partial charge in [-0.1, -0.05) is 43.5 Å². The fourth-order valence-electron chi connectivity index (χ4n) is 2.47. The summed E-state index contributed by atoms with van der Waals surface area (Å²) < 4.78 is 0. The predicted molar refractivity (Wildman–Crippen MR) is 70.3 cm³/mol. The minimum atomic E-state index is -0.0466. The van der Waals surface area contributed by atoms with E-state index in [1.807, 2.05) is 12.1 Å². The third-order valence-corrected chi connectivity index (χ3v) is 3.72. The molecule has 1 fully saturated rings. The Morgan fingerprint density at radius 1 is 1.35 bits per heavy atom. The van der Waals surface area contributed by atoms with Crippen LogP contribution in [0.15, 0.2) is 24.3 Å². The highest BCUT2D eigenvalue weighted by atomic mass is 35.5. The van der Waals surface area contributed by atoms with Crippen LogP contribution in [0.25, 0.3) is 0 Å². The Kier molecular flexibility index (Phi) is 4.06. The van der Waals surface area contributed by atoms with E-state index in [0.717, 1.165) is 12.8 Å². The third kappa shape index (κ3) is 3.22.